The van der Waals surface area contributed by atoms with E-state index >= 15 is 0 Å². The van der Waals surface area contributed by atoms with Gasteiger partial charge in [0, 0.05) is 25.7 Å². The first kappa shape index (κ1) is 16.3. The molecule has 0 bridgehead atoms. The Hall–Kier alpha value is -1.53. The van der Waals surface area contributed by atoms with Crippen molar-refractivity contribution in [2.75, 3.05) is 24.5 Å². The van der Waals surface area contributed by atoms with Crippen LogP contribution >= 0.6 is 22.7 Å². The number of nitrogens with one attached hydrogen (secondary N) is 2. The predicted octanol–water partition coefficient (Wildman–Crippen LogP) is 3.53. The molecule has 0 spiro atoms. The maximum Gasteiger partial charge on any atom is 0.191 e. The van der Waals surface area contributed by atoms with E-state index in [-0.39, 0.29) is 0 Å². The summed E-state index contributed by atoms with van der Waals surface area (Å²) in [5.41, 5.74) is 1.28. The van der Waals surface area contributed by atoms with Crippen molar-refractivity contribution in [3.8, 4) is 0 Å². The van der Waals surface area contributed by atoms with Gasteiger partial charge in [-0.2, -0.15) is 11.3 Å². The van der Waals surface area contributed by atoms with Crippen LogP contribution in [0, 0.1) is 0 Å². The summed E-state index contributed by atoms with van der Waals surface area (Å²) in [5, 5.41) is 14.8. The molecular weight excluding hydrogens is 324 g/mol. The highest BCUT2D eigenvalue weighted by Crippen LogP contribution is 2.24. The van der Waals surface area contributed by atoms with Crippen molar-refractivity contribution in [2.24, 2.45) is 4.99 Å². The molecule has 1 aliphatic heterocycles. The average molecular weight is 349 g/mol. The lowest BCUT2D eigenvalue weighted by Crippen LogP contribution is -2.48. The van der Waals surface area contributed by atoms with E-state index in [9.17, 15) is 0 Å². The molecule has 2 N–H and O–H groups in total. The van der Waals surface area contributed by atoms with Crippen LogP contribution in [0.3, 0.4) is 0 Å². The van der Waals surface area contributed by atoms with Crippen molar-refractivity contribution >= 4 is 33.6 Å². The maximum absolute atomic E-state index is 4.71. The van der Waals surface area contributed by atoms with Crippen LogP contribution in [-0.2, 0) is 6.54 Å². The van der Waals surface area contributed by atoms with Crippen molar-refractivity contribution in [1.29, 1.82) is 0 Å². The zero-order chi connectivity index (χ0) is 15.9. The summed E-state index contributed by atoms with van der Waals surface area (Å²) >= 11 is 3.55. The molecular formula is C17H24N4S2. The predicted molar refractivity (Wildman–Crippen MR) is 102 cm³/mol. The van der Waals surface area contributed by atoms with E-state index in [0.29, 0.717) is 6.04 Å². The van der Waals surface area contributed by atoms with E-state index in [2.05, 4.69) is 56.8 Å². The first-order chi connectivity index (χ1) is 11.3. The van der Waals surface area contributed by atoms with Crippen LogP contribution in [0.4, 0.5) is 5.00 Å². The van der Waals surface area contributed by atoms with Gasteiger partial charge in [0.2, 0.25) is 0 Å². The Bertz CT molecular complexity index is 584. The number of guanidine groups is 1. The smallest absolute Gasteiger partial charge is 0.191 e. The third kappa shape index (κ3) is 4.72. The molecule has 0 atom stereocenters. The van der Waals surface area contributed by atoms with E-state index < -0.39 is 0 Å². The maximum atomic E-state index is 4.71. The third-order valence-corrected chi connectivity index (χ3v) is 5.66. The molecule has 0 radical (unpaired) electrons. The minimum Gasteiger partial charge on any atom is -0.363 e. The van der Waals surface area contributed by atoms with Gasteiger partial charge in [-0.25, -0.2) is 4.99 Å². The third-order valence-electron chi connectivity index (χ3n) is 4.00. The highest BCUT2D eigenvalue weighted by atomic mass is 32.1. The molecule has 2 aromatic heterocycles. The number of hydrogen-bond donors (Lipinski definition) is 2. The van der Waals surface area contributed by atoms with Gasteiger partial charge in [-0.1, -0.05) is 0 Å². The largest absolute Gasteiger partial charge is 0.363 e. The Balaban J connectivity index is 1.51. The van der Waals surface area contributed by atoms with Gasteiger partial charge in [0.25, 0.3) is 0 Å². The van der Waals surface area contributed by atoms with E-state index in [0.717, 1.165) is 45.0 Å². The first-order valence-electron chi connectivity index (χ1n) is 8.19. The second kappa shape index (κ2) is 8.36. The summed E-state index contributed by atoms with van der Waals surface area (Å²) < 4.78 is 0. The lowest BCUT2D eigenvalue weighted by Gasteiger charge is -2.33. The fourth-order valence-corrected chi connectivity index (χ4v) is 4.21. The summed E-state index contributed by atoms with van der Waals surface area (Å²) in [5.74, 6) is 0.938. The second-order valence-corrected chi connectivity index (χ2v) is 7.39. The Labute approximate surface area is 146 Å². The van der Waals surface area contributed by atoms with Gasteiger partial charge in [0.15, 0.2) is 5.96 Å². The molecule has 1 saturated heterocycles. The number of hydrogen-bond acceptors (Lipinski definition) is 4. The summed E-state index contributed by atoms with van der Waals surface area (Å²) in [6.07, 6.45) is 2.31. The molecule has 4 nitrogen and oxygen atoms in total. The Morgan fingerprint density at radius 2 is 2.17 bits per heavy atom. The van der Waals surface area contributed by atoms with E-state index in [1.165, 1.54) is 10.6 Å². The molecule has 0 aromatic carbocycles. The SMILES string of the molecule is CCNC(=NCc1ccsc1)NC1CCN(c2cccs2)CC1. The molecule has 2 aromatic rings. The second-order valence-electron chi connectivity index (χ2n) is 5.68. The van der Waals surface area contributed by atoms with Crippen molar-refractivity contribution in [3.05, 3.63) is 39.9 Å². The number of nitrogens with zero attached hydrogens (tertiary/aromatic N) is 2. The molecule has 0 saturated carbocycles. The lowest BCUT2D eigenvalue weighted by atomic mass is 10.1. The highest BCUT2D eigenvalue weighted by molar-refractivity contribution is 7.14. The molecule has 3 rings (SSSR count). The molecule has 23 heavy (non-hydrogen) atoms. The summed E-state index contributed by atoms with van der Waals surface area (Å²) in [6.45, 7) is 5.97. The quantitative estimate of drug-likeness (QED) is 0.641. The zero-order valence-electron chi connectivity index (χ0n) is 13.5. The monoisotopic (exact) mass is 348 g/mol. The van der Waals surface area contributed by atoms with Gasteiger partial charge in [0.1, 0.15) is 0 Å². The fraction of sp³-hybridized carbons (Fsp3) is 0.471. The lowest BCUT2D eigenvalue weighted by molar-refractivity contribution is 0.463. The van der Waals surface area contributed by atoms with E-state index in [4.69, 9.17) is 4.99 Å². The molecule has 1 aliphatic rings. The van der Waals surface area contributed by atoms with Crippen LogP contribution in [0.15, 0.2) is 39.3 Å². The molecule has 124 valence electrons. The molecule has 1 fully saturated rings. The summed E-state index contributed by atoms with van der Waals surface area (Å²) in [4.78, 5) is 7.19. The van der Waals surface area contributed by atoms with Crippen LogP contribution < -0.4 is 15.5 Å². The van der Waals surface area contributed by atoms with E-state index in [1.54, 1.807) is 11.3 Å². The molecule has 0 amide bonds. The number of thiophene rings is 2. The number of anilines is 1. The average Bonchev–Trinajstić information content (AvgIpc) is 3.27. The van der Waals surface area contributed by atoms with Crippen molar-refractivity contribution in [2.45, 2.75) is 32.4 Å². The number of piperidine rings is 1. The highest BCUT2D eigenvalue weighted by Gasteiger charge is 2.20. The van der Waals surface area contributed by atoms with Crippen molar-refractivity contribution < 1.29 is 0 Å². The minimum absolute atomic E-state index is 0.506. The summed E-state index contributed by atoms with van der Waals surface area (Å²) in [6, 6.07) is 6.98. The number of rotatable bonds is 5. The van der Waals surface area contributed by atoms with E-state index in [1.807, 2.05) is 11.3 Å². The van der Waals surface area contributed by atoms with Gasteiger partial charge >= 0.3 is 0 Å². The van der Waals surface area contributed by atoms with Gasteiger partial charge in [0.05, 0.1) is 11.5 Å². The van der Waals surface area contributed by atoms with Crippen molar-refractivity contribution in [1.82, 2.24) is 10.6 Å². The van der Waals surface area contributed by atoms with Crippen LogP contribution in [0.5, 0.6) is 0 Å². The topological polar surface area (TPSA) is 39.7 Å². The molecule has 6 heteroatoms. The Morgan fingerprint density at radius 3 is 2.83 bits per heavy atom. The standard InChI is InChI=1S/C17H24N4S2/c1-2-18-17(19-12-14-7-11-22-13-14)20-15-5-8-21(9-6-15)16-4-3-10-23-16/h3-4,7,10-11,13,15H,2,5-6,8-9,12H2,1H3,(H2,18,19,20). The molecule has 0 aliphatic carbocycles. The van der Waals surface area contributed by atoms with Crippen LogP contribution in [0.1, 0.15) is 25.3 Å². The van der Waals surface area contributed by atoms with Crippen molar-refractivity contribution in [3.63, 3.8) is 0 Å². The minimum atomic E-state index is 0.506. The Morgan fingerprint density at radius 1 is 1.30 bits per heavy atom. The van der Waals surface area contributed by atoms with Crippen LogP contribution in [0.25, 0.3) is 0 Å². The fourth-order valence-electron chi connectivity index (χ4n) is 2.76. The van der Waals surface area contributed by atoms with Crippen LogP contribution in [-0.4, -0.2) is 31.6 Å². The van der Waals surface area contributed by atoms with Gasteiger partial charge < -0.3 is 15.5 Å². The van der Waals surface area contributed by atoms with Crippen LogP contribution in [0.2, 0.25) is 0 Å². The number of aliphatic imine (C=N–C) groups is 1. The Kier molecular flexibility index (Phi) is 5.93. The zero-order valence-corrected chi connectivity index (χ0v) is 15.1. The summed E-state index contributed by atoms with van der Waals surface area (Å²) in [7, 11) is 0. The van der Waals surface area contributed by atoms with Gasteiger partial charge in [-0.3, -0.25) is 0 Å². The normalized spacial score (nSPS) is 16.6. The molecule has 3 heterocycles. The first-order valence-corrected chi connectivity index (χ1v) is 10.0. The molecule has 0 unspecified atom stereocenters. The van der Waals surface area contributed by atoms with Gasteiger partial charge in [-0.05, 0) is 59.7 Å². The van der Waals surface area contributed by atoms with Gasteiger partial charge in [-0.15, -0.1) is 11.3 Å².